The average molecular weight is 327 g/mol. The van der Waals surface area contributed by atoms with Crippen LogP contribution in [0.15, 0.2) is 23.2 Å². The summed E-state index contributed by atoms with van der Waals surface area (Å²) in [4.78, 5) is 6.28. The molecule has 1 aliphatic rings. The third kappa shape index (κ3) is 3.77. The highest BCUT2D eigenvalue weighted by Crippen LogP contribution is 2.22. The van der Waals surface area contributed by atoms with Crippen LogP contribution in [0.4, 0.5) is 5.82 Å². The first-order valence-electron chi connectivity index (χ1n) is 7.57. The summed E-state index contributed by atoms with van der Waals surface area (Å²) in [5.41, 5.74) is 0. The van der Waals surface area contributed by atoms with Crippen LogP contribution in [0.5, 0.6) is 0 Å². The molecule has 6 nitrogen and oxygen atoms in total. The molecule has 1 aromatic rings. The van der Waals surface area contributed by atoms with Crippen molar-refractivity contribution in [1.82, 2.24) is 9.29 Å². The second kappa shape index (κ2) is 6.93. The van der Waals surface area contributed by atoms with E-state index in [1.165, 1.54) is 10.5 Å². The van der Waals surface area contributed by atoms with Crippen LogP contribution in [0.3, 0.4) is 0 Å². The number of aromatic nitrogens is 1. The van der Waals surface area contributed by atoms with Crippen LogP contribution >= 0.6 is 0 Å². The van der Waals surface area contributed by atoms with Gasteiger partial charge in [0.15, 0.2) is 0 Å². The first kappa shape index (κ1) is 17.2. The van der Waals surface area contributed by atoms with Gasteiger partial charge in [-0.25, -0.2) is 13.4 Å². The number of rotatable bonds is 4. The van der Waals surface area contributed by atoms with E-state index in [2.05, 4.69) is 4.98 Å². The van der Waals surface area contributed by atoms with E-state index >= 15 is 0 Å². The topological polar surface area (TPSA) is 62.7 Å². The third-order valence-corrected chi connectivity index (χ3v) is 5.68. The summed E-state index contributed by atoms with van der Waals surface area (Å²) in [6.45, 7) is 5.59. The van der Waals surface area contributed by atoms with Crippen molar-refractivity contribution < 1.29 is 13.2 Å². The van der Waals surface area contributed by atoms with E-state index in [1.54, 1.807) is 12.1 Å². The summed E-state index contributed by atoms with van der Waals surface area (Å²) >= 11 is 0. The van der Waals surface area contributed by atoms with Crippen LogP contribution in [0, 0.1) is 5.92 Å². The molecular formula is C15H25N3O3S. The zero-order chi connectivity index (χ0) is 16.3. The van der Waals surface area contributed by atoms with Gasteiger partial charge in [-0.2, -0.15) is 4.31 Å². The summed E-state index contributed by atoms with van der Waals surface area (Å²) in [7, 11) is 0.220. The van der Waals surface area contributed by atoms with E-state index in [-0.39, 0.29) is 16.9 Å². The number of nitrogens with zero attached hydrogens (tertiary/aromatic N) is 3. The van der Waals surface area contributed by atoms with E-state index in [4.69, 9.17) is 4.74 Å². The first-order chi connectivity index (χ1) is 10.3. The standard InChI is InChI=1S/C15H25N3O3S/c1-12(2)14-11-18(8-5-9-21-14)22(19,20)13-6-7-15(16-10-13)17(3)4/h6-7,10,12,14H,5,8-9,11H2,1-4H3. The van der Waals surface area contributed by atoms with Crippen molar-refractivity contribution in [2.45, 2.75) is 31.3 Å². The summed E-state index contributed by atoms with van der Waals surface area (Å²) in [6, 6.07) is 3.34. The van der Waals surface area contributed by atoms with Gasteiger partial charge in [-0.1, -0.05) is 13.8 Å². The lowest BCUT2D eigenvalue weighted by atomic mass is 10.1. The van der Waals surface area contributed by atoms with Gasteiger partial charge < -0.3 is 9.64 Å². The molecule has 0 bridgehead atoms. The smallest absolute Gasteiger partial charge is 0.244 e. The maximum Gasteiger partial charge on any atom is 0.244 e. The van der Waals surface area contributed by atoms with Gasteiger partial charge in [0.1, 0.15) is 10.7 Å². The van der Waals surface area contributed by atoms with Crippen LogP contribution in [0.25, 0.3) is 0 Å². The molecule has 2 heterocycles. The minimum absolute atomic E-state index is 0.0636. The molecule has 7 heteroatoms. The maximum atomic E-state index is 12.8. The summed E-state index contributed by atoms with van der Waals surface area (Å²) in [6.07, 6.45) is 2.08. The number of sulfonamides is 1. The van der Waals surface area contributed by atoms with Gasteiger partial charge in [-0.15, -0.1) is 0 Å². The summed E-state index contributed by atoms with van der Waals surface area (Å²) in [5.74, 6) is 1.02. The van der Waals surface area contributed by atoms with Crippen LogP contribution in [-0.4, -0.2) is 57.6 Å². The third-order valence-electron chi connectivity index (χ3n) is 3.83. The molecule has 22 heavy (non-hydrogen) atoms. The zero-order valence-electron chi connectivity index (χ0n) is 13.7. The molecular weight excluding hydrogens is 302 g/mol. The minimum Gasteiger partial charge on any atom is -0.377 e. The van der Waals surface area contributed by atoms with Crippen molar-refractivity contribution in [2.24, 2.45) is 5.92 Å². The largest absolute Gasteiger partial charge is 0.377 e. The predicted molar refractivity (Wildman–Crippen MR) is 86.5 cm³/mol. The lowest BCUT2D eigenvalue weighted by Gasteiger charge is -2.25. The zero-order valence-corrected chi connectivity index (χ0v) is 14.5. The molecule has 0 amide bonds. The molecule has 1 aromatic heterocycles. The fourth-order valence-electron chi connectivity index (χ4n) is 2.38. The quantitative estimate of drug-likeness (QED) is 0.840. The van der Waals surface area contributed by atoms with Gasteiger partial charge in [0.05, 0.1) is 6.10 Å². The van der Waals surface area contributed by atoms with Gasteiger partial charge in [-0.3, -0.25) is 0 Å². The van der Waals surface area contributed by atoms with Crippen molar-refractivity contribution in [3.8, 4) is 0 Å². The average Bonchev–Trinajstić information content (AvgIpc) is 2.73. The van der Waals surface area contributed by atoms with Crippen molar-refractivity contribution in [3.05, 3.63) is 18.3 Å². The molecule has 2 rings (SSSR count). The highest BCUT2D eigenvalue weighted by Gasteiger charge is 2.30. The lowest BCUT2D eigenvalue weighted by molar-refractivity contribution is 0.0301. The molecule has 1 atom stereocenters. The molecule has 1 unspecified atom stereocenters. The second-order valence-corrected chi connectivity index (χ2v) is 8.05. The number of pyridine rings is 1. The van der Waals surface area contributed by atoms with E-state index in [9.17, 15) is 8.42 Å². The summed E-state index contributed by atoms with van der Waals surface area (Å²) < 4.78 is 32.9. The van der Waals surface area contributed by atoms with Gasteiger partial charge in [0.25, 0.3) is 0 Å². The van der Waals surface area contributed by atoms with Crippen LogP contribution < -0.4 is 4.90 Å². The van der Waals surface area contributed by atoms with Crippen molar-refractivity contribution in [1.29, 1.82) is 0 Å². The van der Waals surface area contributed by atoms with Crippen molar-refractivity contribution in [2.75, 3.05) is 38.7 Å². The van der Waals surface area contributed by atoms with Crippen LogP contribution in [-0.2, 0) is 14.8 Å². The molecule has 1 fully saturated rings. The summed E-state index contributed by atoms with van der Waals surface area (Å²) in [5, 5.41) is 0. The Balaban J connectivity index is 2.24. The molecule has 124 valence electrons. The Bertz CT molecular complexity index is 585. The Morgan fingerprint density at radius 1 is 1.36 bits per heavy atom. The Labute approximate surface area is 133 Å². The van der Waals surface area contributed by atoms with Gasteiger partial charge in [-0.05, 0) is 24.5 Å². The van der Waals surface area contributed by atoms with Crippen LogP contribution in [0.1, 0.15) is 20.3 Å². The predicted octanol–water partition coefficient (Wildman–Crippen LogP) is 1.58. The normalized spacial score (nSPS) is 20.9. The number of hydrogen-bond acceptors (Lipinski definition) is 5. The van der Waals surface area contributed by atoms with E-state index in [1.807, 2.05) is 32.8 Å². The van der Waals surface area contributed by atoms with Gasteiger partial charge in [0.2, 0.25) is 10.0 Å². The minimum atomic E-state index is -3.52. The van der Waals surface area contributed by atoms with E-state index < -0.39 is 10.0 Å². The van der Waals surface area contributed by atoms with Gasteiger partial charge in [0, 0.05) is 40.0 Å². The number of anilines is 1. The first-order valence-corrected chi connectivity index (χ1v) is 9.01. The molecule has 0 aliphatic carbocycles. The number of hydrogen-bond donors (Lipinski definition) is 0. The van der Waals surface area contributed by atoms with Crippen molar-refractivity contribution in [3.63, 3.8) is 0 Å². The van der Waals surface area contributed by atoms with Crippen molar-refractivity contribution >= 4 is 15.8 Å². The Morgan fingerprint density at radius 2 is 2.09 bits per heavy atom. The Hall–Kier alpha value is -1.18. The molecule has 1 saturated heterocycles. The monoisotopic (exact) mass is 327 g/mol. The van der Waals surface area contributed by atoms with E-state index in [0.29, 0.717) is 26.1 Å². The maximum absolute atomic E-state index is 12.8. The Morgan fingerprint density at radius 3 is 2.64 bits per heavy atom. The molecule has 0 spiro atoms. The molecule has 0 N–H and O–H groups in total. The lowest BCUT2D eigenvalue weighted by Crippen LogP contribution is -2.38. The highest BCUT2D eigenvalue weighted by molar-refractivity contribution is 7.89. The van der Waals surface area contributed by atoms with E-state index in [0.717, 1.165) is 5.82 Å². The fraction of sp³-hybridized carbons (Fsp3) is 0.667. The van der Waals surface area contributed by atoms with Gasteiger partial charge >= 0.3 is 0 Å². The molecule has 0 saturated carbocycles. The molecule has 0 radical (unpaired) electrons. The van der Waals surface area contributed by atoms with Crippen LogP contribution in [0.2, 0.25) is 0 Å². The Kier molecular flexibility index (Phi) is 5.41. The fourth-order valence-corrected chi connectivity index (χ4v) is 3.82. The SMILES string of the molecule is CC(C)C1CN(S(=O)(=O)c2ccc(N(C)C)nc2)CCCO1. The number of ether oxygens (including phenoxy) is 1. The molecule has 0 aromatic carbocycles. The second-order valence-electron chi connectivity index (χ2n) is 6.12. The highest BCUT2D eigenvalue weighted by atomic mass is 32.2. The molecule has 1 aliphatic heterocycles.